The Bertz CT molecular complexity index is 676. The maximum atomic E-state index is 12.3. The fraction of sp³-hybridized carbons (Fsp3) is 0.267. The Morgan fingerprint density at radius 2 is 2.14 bits per heavy atom. The predicted octanol–water partition coefficient (Wildman–Crippen LogP) is 2.58. The molecule has 2 aromatic rings. The summed E-state index contributed by atoms with van der Waals surface area (Å²) < 4.78 is 9.69. The van der Waals surface area contributed by atoms with Gasteiger partial charge in [-0.1, -0.05) is 18.1 Å². The zero-order chi connectivity index (χ0) is 15.4. The van der Waals surface area contributed by atoms with Crippen LogP contribution in [0, 0.1) is 6.92 Å². The second-order valence-electron chi connectivity index (χ2n) is 4.44. The Labute approximate surface area is 122 Å². The summed E-state index contributed by atoms with van der Waals surface area (Å²) in [5, 5.41) is 6.58. The molecule has 0 spiro atoms. The molecule has 0 saturated heterocycles. The molecule has 0 aliphatic heterocycles. The molecular formula is C15H16N2O4. The van der Waals surface area contributed by atoms with Crippen LogP contribution in [0.15, 0.2) is 28.8 Å². The van der Waals surface area contributed by atoms with Crippen molar-refractivity contribution in [3.05, 3.63) is 46.8 Å². The van der Waals surface area contributed by atoms with Gasteiger partial charge in [0, 0.05) is 5.69 Å². The lowest BCUT2D eigenvalue weighted by atomic mass is 10.1. The summed E-state index contributed by atoms with van der Waals surface area (Å²) in [5.41, 5.74) is 1.91. The van der Waals surface area contributed by atoms with Crippen molar-refractivity contribution < 1.29 is 18.8 Å². The van der Waals surface area contributed by atoms with E-state index < -0.39 is 5.97 Å². The lowest BCUT2D eigenvalue weighted by Gasteiger charge is -2.06. The number of rotatable bonds is 4. The number of carbonyl (C=O) groups is 2. The van der Waals surface area contributed by atoms with E-state index in [1.54, 1.807) is 31.2 Å². The third-order valence-electron chi connectivity index (χ3n) is 3.04. The van der Waals surface area contributed by atoms with Gasteiger partial charge < -0.3 is 14.6 Å². The summed E-state index contributed by atoms with van der Waals surface area (Å²) in [5.74, 6) is -0.303. The summed E-state index contributed by atoms with van der Waals surface area (Å²) in [7, 11) is 1.31. The van der Waals surface area contributed by atoms with Crippen molar-refractivity contribution in [2.24, 2.45) is 0 Å². The number of nitrogens with one attached hydrogen (secondary N) is 1. The van der Waals surface area contributed by atoms with E-state index in [1.807, 2.05) is 6.92 Å². The average Bonchev–Trinajstić information content (AvgIpc) is 2.87. The molecule has 0 atom stereocenters. The number of hydrogen-bond donors (Lipinski definition) is 1. The maximum Gasteiger partial charge on any atom is 0.337 e. The van der Waals surface area contributed by atoms with Gasteiger partial charge in [-0.3, -0.25) is 4.79 Å². The molecule has 0 bridgehead atoms. The summed E-state index contributed by atoms with van der Waals surface area (Å²) in [6.07, 6.45) is 0.599. The minimum absolute atomic E-state index is 0.312. The Morgan fingerprint density at radius 3 is 2.81 bits per heavy atom. The number of carbonyl (C=O) groups excluding carboxylic acids is 2. The summed E-state index contributed by atoms with van der Waals surface area (Å²) >= 11 is 0. The lowest BCUT2D eigenvalue weighted by molar-refractivity contribution is 0.0600. The molecule has 1 amide bonds. The molecule has 1 heterocycles. The average molecular weight is 288 g/mol. The van der Waals surface area contributed by atoms with E-state index in [2.05, 4.69) is 15.2 Å². The molecule has 0 aliphatic rings. The van der Waals surface area contributed by atoms with Crippen molar-refractivity contribution in [1.82, 2.24) is 5.16 Å². The first-order valence-corrected chi connectivity index (χ1v) is 6.51. The number of anilines is 1. The molecule has 0 fully saturated rings. The van der Waals surface area contributed by atoms with E-state index in [-0.39, 0.29) is 5.91 Å². The number of esters is 1. The molecule has 1 N–H and O–H groups in total. The van der Waals surface area contributed by atoms with Crippen molar-refractivity contribution in [3.8, 4) is 0 Å². The monoisotopic (exact) mass is 288 g/mol. The first-order chi connectivity index (χ1) is 10.1. The highest BCUT2D eigenvalue weighted by molar-refractivity contribution is 6.06. The van der Waals surface area contributed by atoms with E-state index >= 15 is 0 Å². The van der Waals surface area contributed by atoms with E-state index in [1.165, 1.54) is 7.11 Å². The number of ether oxygens (including phenoxy) is 1. The molecule has 0 saturated carbocycles. The molecule has 0 unspecified atom stereocenters. The second-order valence-corrected chi connectivity index (χ2v) is 4.44. The summed E-state index contributed by atoms with van der Waals surface area (Å²) in [6, 6.07) is 6.53. The molecule has 2 rings (SSSR count). The van der Waals surface area contributed by atoms with Crippen molar-refractivity contribution >= 4 is 17.6 Å². The number of methoxy groups -OCH3 is 1. The highest BCUT2D eigenvalue weighted by Crippen LogP contribution is 2.18. The fourth-order valence-corrected chi connectivity index (χ4v) is 1.99. The van der Waals surface area contributed by atoms with Crippen molar-refractivity contribution in [2.45, 2.75) is 20.3 Å². The van der Waals surface area contributed by atoms with Crippen molar-refractivity contribution in [2.75, 3.05) is 12.4 Å². The molecule has 0 aliphatic carbocycles. The fourth-order valence-electron chi connectivity index (χ4n) is 1.99. The van der Waals surface area contributed by atoms with Gasteiger partial charge in [0.2, 0.25) is 0 Å². The van der Waals surface area contributed by atoms with E-state index in [4.69, 9.17) is 4.52 Å². The van der Waals surface area contributed by atoms with Crippen LogP contribution >= 0.6 is 0 Å². The molecule has 110 valence electrons. The van der Waals surface area contributed by atoms with Gasteiger partial charge in [0.1, 0.15) is 11.3 Å². The first-order valence-electron chi connectivity index (χ1n) is 6.51. The third kappa shape index (κ3) is 3.10. The first kappa shape index (κ1) is 14.8. The molecule has 6 heteroatoms. The van der Waals surface area contributed by atoms with Crippen LogP contribution in [0.1, 0.15) is 39.1 Å². The Kier molecular flexibility index (Phi) is 4.37. The number of nitrogens with zero attached hydrogens (tertiary/aromatic N) is 1. The van der Waals surface area contributed by atoms with E-state index in [0.717, 1.165) is 0 Å². The number of benzene rings is 1. The van der Waals surface area contributed by atoms with Crippen LogP contribution < -0.4 is 5.32 Å². The molecular weight excluding hydrogens is 272 g/mol. The van der Waals surface area contributed by atoms with Gasteiger partial charge >= 0.3 is 5.97 Å². The highest BCUT2D eigenvalue weighted by Gasteiger charge is 2.19. The summed E-state index contributed by atoms with van der Waals surface area (Å²) in [4.78, 5) is 23.8. The maximum absolute atomic E-state index is 12.3. The smallest absolute Gasteiger partial charge is 0.337 e. The number of aryl methyl sites for hydroxylation is 2. The van der Waals surface area contributed by atoms with Gasteiger partial charge in [0.05, 0.1) is 18.4 Å². The van der Waals surface area contributed by atoms with Crippen LogP contribution in [-0.4, -0.2) is 24.1 Å². The van der Waals surface area contributed by atoms with Gasteiger partial charge in [0.15, 0.2) is 0 Å². The minimum atomic E-state index is -0.457. The van der Waals surface area contributed by atoms with E-state index in [0.29, 0.717) is 34.7 Å². The predicted molar refractivity (Wildman–Crippen MR) is 76.4 cm³/mol. The Hall–Kier alpha value is -2.63. The van der Waals surface area contributed by atoms with Gasteiger partial charge in [-0.15, -0.1) is 0 Å². The van der Waals surface area contributed by atoms with Crippen molar-refractivity contribution in [3.63, 3.8) is 0 Å². The van der Waals surface area contributed by atoms with Gasteiger partial charge in [0.25, 0.3) is 5.91 Å². The molecule has 6 nitrogen and oxygen atoms in total. The van der Waals surface area contributed by atoms with Gasteiger partial charge in [-0.2, -0.15) is 0 Å². The lowest BCUT2D eigenvalue weighted by Crippen LogP contribution is -2.14. The highest BCUT2D eigenvalue weighted by atomic mass is 16.5. The number of amides is 1. The largest absolute Gasteiger partial charge is 0.465 e. The van der Waals surface area contributed by atoms with Crippen LogP contribution in [0.5, 0.6) is 0 Å². The van der Waals surface area contributed by atoms with Gasteiger partial charge in [-0.05, 0) is 31.5 Å². The Morgan fingerprint density at radius 1 is 1.38 bits per heavy atom. The van der Waals surface area contributed by atoms with Crippen LogP contribution in [0.4, 0.5) is 5.69 Å². The molecule has 1 aromatic carbocycles. The second kappa shape index (κ2) is 6.21. The minimum Gasteiger partial charge on any atom is -0.465 e. The third-order valence-corrected chi connectivity index (χ3v) is 3.04. The van der Waals surface area contributed by atoms with Gasteiger partial charge in [-0.25, -0.2) is 4.79 Å². The standard InChI is InChI=1S/C15H16N2O4/c1-4-12-13(9(2)21-17-12)14(18)16-11-7-5-6-10(8-11)15(19)20-3/h5-8H,4H2,1-3H3,(H,16,18). The normalized spacial score (nSPS) is 10.2. The van der Waals surface area contributed by atoms with Crippen LogP contribution in [0.3, 0.4) is 0 Å². The number of hydrogen-bond acceptors (Lipinski definition) is 5. The zero-order valence-corrected chi connectivity index (χ0v) is 12.1. The summed E-state index contributed by atoms with van der Waals surface area (Å²) in [6.45, 7) is 3.58. The van der Waals surface area contributed by atoms with Crippen LogP contribution in [0.25, 0.3) is 0 Å². The topological polar surface area (TPSA) is 81.4 Å². The number of aromatic nitrogens is 1. The SMILES string of the molecule is CCc1noc(C)c1C(=O)Nc1cccc(C(=O)OC)c1. The van der Waals surface area contributed by atoms with Crippen LogP contribution in [0.2, 0.25) is 0 Å². The molecule has 21 heavy (non-hydrogen) atoms. The molecule has 0 radical (unpaired) electrons. The van der Waals surface area contributed by atoms with E-state index in [9.17, 15) is 9.59 Å². The quantitative estimate of drug-likeness (QED) is 0.874. The van der Waals surface area contributed by atoms with Crippen molar-refractivity contribution in [1.29, 1.82) is 0 Å². The molecule has 1 aromatic heterocycles. The Balaban J connectivity index is 2.24. The zero-order valence-electron chi connectivity index (χ0n) is 12.1. The van der Waals surface area contributed by atoms with Crippen LogP contribution in [-0.2, 0) is 11.2 Å².